The third kappa shape index (κ3) is 6.97. The molecule has 0 amide bonds. The number of oxime groups is 1. The summed E-state index contributed by atoms with van der Waals surface area (Å²) in [6.07, 6.45) is 3.72. The molecule has 2 rings (SSSR count). The summed E-state index contributed by atoms with van der Waals surface area (Å²) in [5, 5.41) is 12.5. The van der Waals surface area contributed by atoms with Gasteiger partial charge in [0, 0.05) is 12.0 Å². The van der Waals surface area contributed by atoms with Crippen LogP contribution in [-0.2, 0) is 19.1 Å². The molecule has 1 aromatic carbocycles. The molecule has 0 aliphatic carbocycles. The van der Waals surface area contributed by atoms with Gasteiger partial charge < -0.3 is 24.2 Å². The van der Waals surface area contributed by atoms with Crippen LogP contribution in [0.25, 0.3) is 0 Å². The van der Waals surface area contributed by atoms with Crippen molar-refractivity contribution in [2.45, 2.75) is 32.0 Å². The smallest absolute Gasteiger partial charge is 0.303 e. The number of ether oxygens (including phenoxy) is 3. The maximum atomic E-state index is 10.4. The molecule has 1 aromatic rings. The van der Waals surface area contributed by atoms with Crippen LogP contribution in [0.15, 0.2) is 29.4 Å². The summed E-state index contributed by atoms with van der Waals surface area (Å²) in [6, 6.07) is 7.50. The number of para-hydroxylation sites is 1. The number of carbonyl (C=O) groups is 1. The van der Waals surface area contributed by atoms with Crippen LogP contribution < -0.4 is 4.74 Å². The summed E-state index contributed by atoms with van der Waals surface area (Å²) in [6.45, 7) is 1.98. The van der Waals surface area contributed by atoms with Crippen LogP contribution in [0.4, 0.5) is 0 Å². The molecule has 1 fully saturated rings. The number of carboxylic acids is 1. The second kappa shape index (κ2) is 10.6. The lowest BCUT2D eigenvalue weighted by Gasteiger charge is -2.12. The van der Waals surface area contributed by atoms with E-state index in [0.29, 0.717) is 38.6 Å². The predicted octanol–water partition coefficient (Wildman–Crippen LogP) is 2.43. The fourth-order valence-electron chi connectivity index (χ4n) is 2.15. The first-order chi connectivity index (χ1) is 11.8. The van der Waals surface area contributed by atoms with Crippen molar-refractivity contribution in [3.8, 4) is 5.75 Å². The Kier molecular flexibility index (Phi) is 8.06. The number of unbranched alkanes of at least 4 members (excludes halogenated alkanes) is 2. The van der Waals surface area contributed by atoms with E-state index in [1.165, 1.54) is 0 Å². The van der Waals surface area contributed by atoms with Crippen molar-refractivity contribution in [3.05, 3.63) is 29.8 Å². The summed E-state index contributed by atoms with van der Waals surface area (Å²) in [5.74, 6) is -0.0793. The molecule has 0 unspecified atom stereocenters. The standard InChI is InChI=1S/C17H23NO6/c19-16(20)8-2-1-5-9-24-18-12-14-6-3-4-7-15(14)23-13-17-21-10-11-22-17/h3-4,6-7,12,17H,1-2,5,8-11,13H2,(H,19,20). The number of nitrogens with zero attached hydrogens (tertiary/aromatic N) is 1. The highest BCUT2D eigenvalue weighted by molar-refractivity contribution is 5.83. The molecule has 0 aromatic heterocycles. The highest BCUT2D eigenvalue weighted by Crippen LogP contribution is 2.17. The van der Waals surface area contributed by atoms with E-state index in [2.05, 4.69) is 5.16 Å². The molecule has 1 aliphatic rings. The van der Waals surface area contributed by atoms with Gasteiger partial charge in [0.05, 0.1) is 19.4 Å². The van der Waals surface area contributed by atoms with Crippen molar-refractivity contribution >= 4 is 12.2 Å². The lowest BCUT2D eigenvalue weighted by Crippen LogP contribution is -2.18. The minimum Gasteiger partial charge on any atom is -0.488 e. The highest BCUT2D eigenvalue weighted by atomic mass is 16.7. The van der Waals surface area contributed by atoms with Crippen molar-refractivity contribution in [2.24, 2.45) is 5.16 Å². The molecule has 0 spiro atoms. The van der Waals surface area contributed by atoms with E-state index in [9.17, 15) is 4.79 Å². The van der Waals surface area contributed by atoms with Crippen LogP contribution in [0.1, 0.15) is 31.2 Å². The Morgan fingerprint density at radius 3 is 2.83 bits per heavy atom. The SMILES string of the molecule is O=C(O)CCCCCON=Cc1ccccc1OCC1OCCO1. The molecule has 132 valence electrons. The minimum atomic E-state index is -0.765. The molecule has 7 nitrogen and oxygen atoms in total. The van der Waals surface area contributed by atoms with Gasteiger partial charge in [0.2, 0.25) is 0 Å². The van der Waals surface area contributed by atoms with Crippen molar-refractivity contribution in [3.63, 3.8) is 0 Å². The van der Waals surface area contributed by atoms with Crippen LogP contribution in [0.2, 0.25) is 0 Å². The van der Waals surface area contributed by atoms with E-state index in [1.807, 2.05) is 24.3 Å². The van der Waals surface area contributed by atoms with Crippen LogP contribution in [0.5, 0.6) is 5.75 Å². The second-order valence-electron chi connectivity index (χ2n) is 5.29. The maximum Gasteiger partial charge on any atom is 0.303 e. The lowest BCUT2D eigenvalue weighted by atomic mass is 10.2. The van der Waals surface area contributed by atoms with Crippen LogP contribution >= 0.6 is 0 Å². The maximum absolute atomic E-state index is 10.4. The Balaban J connectivity index is 1.68. The normalized spacial score (nSPS) is 15.0. The number of hydrogen-bond acceptors (Lipinski definition) is 6. The summed E-state index contributed by atoms with van der Waals surface area (Å²) in [7, 11) is 0. The summed E-state index contributed by atoms with van der Waals surface area (Å²) in [5.41, 5.74) is 0.807. The Labute approximate surface area is 141 Å². The summed E-state index contributed by atoms with van der Waals surface area (Å²) < 4.78 is 16.4. The van der Waals surface area contributed by atoms with Gasteiger partial charge in [-0.05, 0) is 31.4 Å². The van der Waals surface area contributed by atoms with Gasteiger partial charge in [0.15, 0.2) is 6.29 Å². The zero-order valence-electron chi connectivity index (χ0n) is 13.6. The number of carboxylic acid groups (broad SMARTS) is 1. The van der Waals surface area contributed by atoms with E-state index in [4.69, 9.17) is 24.2 Å². The molecule has 0 bridgehead atoms. The highest BCUT2D eigenvalue weighted by Gasteiger charge is 2.16. The minimum absolute atomic E-state index is 0.197. The van der Waals surface area contributed by atoms with E-state index in [0.717, 1.165) is 18.4 Å². The molecular weight excluding hydrogens is 314 g/mol. The molecular formula is C17H23NO6. The van der Waals surface area contributed by atoms with Crippen molar-refractivity contribution in [2.75, 3.05) is 26.4 Å². The third-order valence-corrected chi connectivity index (χ3v) is 3.38. The summed E-state index contributed by atoms with van der Waals surface area (Å²) >= 11 is 0. The van der Waals surface area contributed by atoms with Gasteiger partial charge in [0.25, 0.3) is 0 Å². The Morgan fingerprint density at radius 2 is 2.04 bits per heavy atom. The largest absolute Gasteiger partial charge is 0.488 e. The van der Waals surface area contributed by atoms with Gasteiger partial charge >= 0.3 is 5.97 Å². The van der Waals surface area contributed by atoms with Crippen LogP contribution in [0, 0.1) is 0 Å². The molecule has 0 saturated carbocycles. The monoisotopic (exact) mass is 337 g/mol. The molecule has 1 heterocycles. The second-order valence-corrected chi connectivity index (χ2v) is 5.29. The molecule has 0 atom stereocenters. The Morgan fingerprint density at radius 1 is 1.25 bits per heavy atom. The third-order valence-electron chi connectivity index (χ3n) is 3.38. The first-order valence-electron chi connectivity index (χ1n) is 8.08. The quantitative estimate of drug-likeness (QED) is 0.379. The molecule has 1 N–H and O–H groups in total. The fourth-order valence-corrected chi connectivity index (χ4v) is 2.15. The first-order valence-corrected chi connectivity index (χ1v) is 8.08. The topological polar surface area (TPSA) is 86.6 Å². The van der Waals surface area contributed by atoms with Crippen molar-refractivity contribution in [1.82, 2.24) is 0 Å². The van der Waals surface area contributed by atoms with Gasteiger partial charge in [-0.1, -0.05) is 17.3 Å². The predicted molar refractivity (Wildman–Crippen MR) is 87.3 cm³/mol. The molecule has 0 radical (unpaired) electrons. The van der Waals surface area contributed by atoms with Gasteiger partial charge in [-0.3, -0.25) is 4.79 Å². The van der Waals surface area contributed by atoms with Gasteiger partial charge in [-0.2, -0.15) is 0 Å². The van der Waals surface area contributed by atoms with E-state index in [1.54, 1.807) is 6.21 Å². The van der Waals surface area contributed by atoms with Crippen LogP contribution in [-0.4, -0.2) is 50.0 Å². The molecule has 1 aliphatic heterocycles. The Hall–Kier alpha value is -2.12. The zero-order valence-corrected chi connectivity index (χ0v) is 13.6. The fraction of sp³-hybridized carbons (Fsp3) is 0.529. The number of aliphatic carboxylic acids is 1. The Bertz CT molecular complexity index is 528. The van der Waals surface area contributed by atoms with E-state index in [-0.39, 0.29) is 12.7 Å². The van der Waals surface area contributed by atoms with Gasteiger partial charge in [-0.25, -0.2) is 0 Å². The molecule has 24 heavy (non-hydrogen) atoms. The van der Waals surface area contributed by atoms with Crippen molar-refractivity contribution < 1.29 is 28.9 Å². The number of hydrogen-bond donors (Lipinski definition) is 1. The molecule has 7 heteroatoms. The number of rotatable bonds is 11. The van der Waals surface area contributed by atoms with Crippen molar-refractivity contribution in [1.29, 1.82) is 0 Å². The van der Waals surface area contributed by atoms with E-state index < -0.39 is 5.97 Å². The van der Waals surface area contributed by atoms with E-state index >= 15 is 0 Å². The van der Waals surface area contributed by atoms with Gasteiger partial charge in [-0.15, -0.1) is 0 Å². The zero-order chi connectivity index (χ0) is 17.0. The average molecular weight is 337 g/mol. The average Bonchev–Trinajstić information content (AvgIpc) is 3.09. The number of benzene rings is 1. The molecule has 1 saturated heterocycles. The summed E-state index contributed by atoms with van der Waals surface area (Å²) in [4.78, 5) is 15.6. The van der Waals surface area contributed by atoms with Crippen LogP contribution in [0.3, 0.4) is 0 Å². The first kappa shape index (κ1) is 18.2. The van der Waals surface area contributed by atoms with Gasteiger partial charge in [0.1, 0.15) is 19.0 Å². The lowest BCUT2D eigenvalue weighted by molar-refractivity contribution is -0.137.